The molecule has 0 bridgehead atoms. The normalized spacial score (nSPS) is 11.8. The predicted molar refractivity (Wildman–Crippen MR) is 62.4 cm³/mol. The van der Waals surface area contributed by atoms with Crippen molar-refractivity contribution in [1.29, 1.82) is 0 Å². The fourth-order valence-corrected chi connectivity index (χ4v) is 2.26. The van der Waals surface area contributed by atoms with Gasteiger partial charge in [-0.2, -0.15) is 5.10 Å². The number of hydrogen-bond acceptors (Lipinski definition) is 4. The van der Waals surface area contributed by atoms with E-state index in [1.807, 2.05) is 6.92 Å². The topological polar surface area (TPSA) is 86.9 Å². The lowest BCUT2D eigenvalue weighted by molar-refractivity contribution is 0.575. The quantitative estimate of drug-likeness (QED) is 0.556. The van der Waals surface area contributed by atoms with Crippen LogP contribution in [0.2, 0.25) is 0 Å². The molecule has 0 fully saturated rings. The first-order valence-corrected chi connectivity index (χ1v) is 6.95. The van der Waals surface area contributed by atoms with E-state index in [2.05, 4.69) is 20.2 Å². The van der Waals surface area contributed by atoms with Crippen molar-refractivity contribution >= 4 is 10.0 Å². The van der Waals surface area contributed by atoms with Crippen LogP contribution < -0.4 is 10.0 Å². The van der Waals surface area contributed by atoms with E-state index in [9.17, 15) is 8.42 Å². The summed E-state index contributed by atoms with van der Waals surface area (Å²) in [5, 5.41) is 9.45. The molecular weight excluding hydrogens is 228 g/mol. The van der Waals surface area contributed by atoms with Crippen LogP contribution in [-0.4, -0.2) is 37.5 Å². The van der Waals surface area contributed by atoms with Gasteiger partial charge in [-0.25, -0.2) is 13.1 Å². The molecule has 0 spiro atoms. The third-order valence-corrected chi connectivity index (χ3v) is 3.48. The molecule has 0 saturated heterocycles. The van der Waals surface area contributed by atoms with Crippen LogP contribution in [0.15, 0.2) is 12.4 Å². The fourth-order valence-electron chi connectivity index (χ4n) is 1.20. The maximum atomic E-state index is 11.5. The van der Waals surface area contributed by atoms with Crippen LogP contribution in [-0.2, 0) is 16.6 Å². The van der Waals surface area contributed by atoms with Crippen molar-refractivity contribution in [3.05, 3.63) is 18.0 Å². The number of sulfonamides is 1. The number of H-pyrrole nitrogens is 1. The van der Waals surface area contributed by atoms with Crippen LogP contribution >= 0.6 is 0 Å². The minimum absolute atomic E-state index is 0.151. The summed E-state index contributed by atoms with van der Waals surface area (Å²) in [6, 6.07) is 0. The monoisotopic (exact) mass is 246 g/mol. The molecule has 3 N–H and O–H groups in total. The molecule has 1 rings (SSSR count). The van der Waals surface area contributed by atoms with Gasteiger partial charge in [0.05, 0.1) is 11.9 Å². The minimum atomic E-state index is -3.17. The number of aromatic nitrogens is 2. The van der Waals surface area contributed by atoms with Gasteiger partial charge < -0.3 is 5.32 Å². The zero-order valence-corrected chi connectivity index (χ0v) is 10.2. The van der Waals surface area contributed by atoms with Gasteiger partial charge in [-0.15, -0.1) is 0 Å². The Morgan fingerprint density at radius 1 is 1.50 bits per heavy atom. The zero-order valence-electron chi connectivity index (χ0n) is 9.36. The van der Waals surface area contributed by atoms with Gasteiger partial charge in [-0.05, 0) is 19.5 Å². The van der Waals surface area contributed by atoms with E-state index in [0.717, 1.165) is 18.7 Å². The van der Waals surface area contributed by atoms with Gasteiger partial charge in [0.1, 0.15) is 0 Å². The molecular formula is C9H18N4O2S. The summed E-state index contributed by atoms with van der Waals surface area (Å²) >= 11 is 0. The highest BCUT2D eigenvalue weighted by Crippen LogP contribution is 1.95. The summed E-state index contributed by atoms with van der Waals surface area (Å²) < 4.78 is 25.6. The maximum absolute atomic E-state index is 11.5. The molecule has 16 heavy (non-hydrogen) atoms. The standard InChI is InChI=1S/C9H18N4O2S/c1-2-10-4-3-5-16(14,15)13-8-9-6-11-12-7-9/h6-7,10,13H,2-5,8H2,1H3,(H,11,12). The summed E-state index contributed by atoms with van der Waals surface area (Å²) in [6.45, 7) is 3.87. The molecule has 6 nitrogen and oxygen atoms in total. The van der Waals surface area contributed by atoms with Crippen LogP contribution in [0, 0.1) is 0 Å². The van der Waals surface area contributed by atoms with E-state index < -0.39 is 10.0 Å². The Morgan fingerprint density at radius 2 is 2.31 bits per heavy atom. The molecule has 0 aliphatic rings. The fraction of sp³-hybridized carbons (Fsp3) is 0.667. The second kappa shape index (κ2) is 6.62. The van der Waals surface area contributed by atoms with E-state index in [4.69, 9.17) is 0 Å². The van der Waals surface area contributed by atoms with Gasteiger partial charge in [0.15, 0.2) is 0 Å². The van der Waals surface area contributed by atoms with Crippen LogP contribution in [0.1, 0.15) is 18.9 Å². The molecule has 0 unspecified atom stereocenters. The summed E-state index contributed by atoms with van der Waals surface area (Å²) in [6.07, 6.45) is 3.89. The van der Waals surface area contributed by atoms with E-state index in [1.54, 1.807) is 12.4 Å². The highest BCUT2D eigenvalue weighted by Gasteiger charge is 2.09. The molecule has 0 aromatic carbocycles. The first-order valence-electron chi connectivity index (χ1n) is 5.30. The molecule has 92 valence electrons. The van der Waals surface area contributed by atoms with Crippen molar-refractivity contribution in [1.82, 2.24) is 20.2 Å². The first-order chi connectivity index (χ1) is 7.64. The smallest absolute Gasteiger partial charge is 0.211 e. The molecule has 7 heteroatoms. The zero-order chi connectivity index (χ0) is 11.9. The van der Waals surface area contributed by atoms with Crippen LogP contribution in [0.5, 0.6) is 0 Å². The molecule has 0 amide bonds. The number of nitrogens with zero attached hydrogens (tertiary/aromatic N) is 1. The van der Waals surface area contributed by atoms with Crippen molar-refractivity contribution in [2.45, 2.75) is 19.9 Å². The SMILES string of the molecule is CCNCCCS(=O)(=O)NCc1cn[nH]c1. The highest BCUT2D eigenvalue weighted by atomic mass is 32.2. The summed E-state index contributed by atoms with van der Waals surface area (Å²) in [5.74, 6) is 0.151. The molecule has 0 radical (unpaired) electrons. The Kier molecular flexibility index (Phi) is 5.44. The lowest BCUT2D eigenvalue weighted by Crippen LogP contribution is -2.27. The minimum Gasteiger partial charge on any atom is -0.317 e. The average molecular weight is 246 g/mol. The van der Waals surface area contributed by atoms with Crippen LogP contribution in [0.25, 0.3) is 0 Å². The van der Waals surface area contributed by atoms with Gasteiger partial charge in [-0.1, -0.05) is 6.92 Å². The summed E-state index contributed by atoms with van der Waals surface area (Å²) in [4.78, 5) is 0. The molecule has 1 heterocycles. The predicted octanol–water partition coefficient (Wildman–Crippen LogP) is -0.171. The van der Waals surface area contributed by atoms with Crippen molar-refractivity contribution in [2.24, 2.45) is 0 Å². The van der Waals surface area contributed by atoms with Crippen molar-refractivity contribution in [2.75, 3.05) is 18.8 Å². The van der Waals surface area contributed by atoms with Crippen molar-refractivity contribution in [3.63, 3.8) is 0 Å². The maximum Gasteiger partial charge on any atom is 0.211 e. The van der Waals surface area contributed by atoms with E-state index in [0.29, 0.717) is 13.0 Å². The third-order valence-electron chi connectivity index (χ3n) is 2.07. The van der Waals surface area contributed by atoms with Crippen LogP contribution in [0.4, 0.5) is 0 Å². The summed E-state index contributed by atoms with van der Waals surface area (Å²) in [7, 11) is -3.17. The lowest BCUT2D eigenvalue weighted by Gasteiger charge is -2.05. The third kappa shape index (κ3) is 5.24. The Labute approximate surface area is 95.9 Å². The number of nitrogens with one attached hydrogen (secondary N) is 3. The number of aromatic amines is 1. The Morgan fingerprint density at radius 3 is 2.94 bits per heavy atom. The van der Waals surface area contributed by atoms with Gasteiger partial charge in [0, 0.05) is 18.3 Å². The van der Waals surface area contributed by atoms with Crippen molar-refractivity contribution < 1.29 is 8.42 Å². The molecule has 0 aliphatic carbocycles. The summed E-state index contributed by atoms with van der Waals surface area (Å²) in [5.41, 5.74) is 0.829. The molecule has 0 saturated carbocycles. The van der Waals surface area contributed by atoms with E-state index in [-0.39, 0.29) is 5.75 Å². The van der Waals surface area contributed by atoms with E-state index in [1.165, 1.54) is 0 Å². The molecule has 0 aliphatic heterocycles. The van der Waals surface area contributed by atoms with Gasteiger partial charge in [0.25, 0.3) is 0 Å². The average Bonchev–Trinajstić information content (AvgIpc) is 2.75. The first kappa shape index (κ1) is 13.1. The Bertz CT molecular complexity index is 374. The Hall–Kier alpha value is -0.920. The highest BCUT2D eigenvalue weighted by molar-refractivity contribution is 7.89. The molecule has 1 aromatic rings. The second-order valence-corrected chi connectivity index (χ2v) is 5.38. The largest absolute Gasteiger partial charge is 0.317 e. The van der Waals surface area contributed by atoms with Gasteiger partial charge >= 0.3 is 0 Å². The lowest BCUT2D eigenvalue weighted by atomic mass is 10.4. The number of rotatable bonds is 8. The second-order valence-electron chi connectivity index (χ2n) is 3.45. The molecule has 0 atom stereocenters. The van der Waals surface area contributed by atoms with Gasteiger partial charge in [-0.3, -0.25) is 5.10 Å². The molecule has 1 aromatic heterocycles. The Balaban J connectivity index is 2.23. The van der Waals surface area contributed by atoms with Crippen molar-refractivity contribution in [3.8, 4) is 0 Å². The van der Waals surface area contributed by atoms with Gasteiger partial charge in [0.2, 0.25) is 10.0 Å². The number of hydrogen-bond donors (Lipinski definition) is 3. The van der Waals surface area contributed by atoms with E-state index >= 15 is 0 Å². The van der Waals surface area contributed by atoms with Crippen LogP contribution in [0.3, 0.4) is 0 Å².